The van der Waals surface area contributed by atoms with Crippen molar-refractivity contribution >= 4 is 50.0 Å². The molecule has 2 aromatic carbocycles. The van der Waals surface area contributed by atoms with Crippen LogP contribution >= 0.6 is 27.5 Å². The number of amides is 1. The maximum absolute atomic E-state index is 12.0. The predicted molar refractivity (Wildman–Crippen MR) is 108 cm³/mol. The van der Waals surface area contributed by atoms with Gasteiger partial charge in [-0.25, -0.2) is 0 Å². The average Bonchev–Trinajstić information content (AvgIpc) is 2.90. The molecule has 0 aliphatic carbocycles. The quantitative estimate of drug-likeness (QED) is 0.482. The van der Waals surface area contributed by atoms with Crippen molar-refractivity contribution in [3.8, 4) is 11.6 Å². The lowest BCUT2D eigenvalue weighted by Crippen LogP contribution is -2.08. The van der Waals surface area contributed by atoms with Gasteiger partial charge >= 0.3 is 5.91 Å². The molecule has 0 bridgehead atoms. The summed E-state index contributed by atoms with van der Waals surface area (Å²) in [6.07, 6.45) is 0. The second-order valence-electron chi connectivity index (χ2n) is 6.11. The van der Waals surface area contributed by atoms with E-state index >= 15 is 0 Å². The second-order valence-corrected chi connectivity index (χ2v) is 7.40. The van der Waals surface area contributed by atoms with E-state index in [1.54, 1.807) is 34.9 Å². The molecule has 1 aromatic heterocycles. The first-order valence-electron chi connectivity index (χ1n) is 8.22. The van der Waals surface area contributed by atoms with Gasteiger partial charge in [0.25, 0.3) is 0 Å². The molecule has 3 rings (SSSR count). The summed E-state index contributed by atoms with van der Waals surface area (Å²) < 4.78 is 7.88. The molecule has 3 aromatic rings. The molecule has 0 unspecified atom stereocenters. The summed E-state index contributed by atoms with van der Waals surface area (Å²) in [5.74, 6) is -0.102. The van der Waals surface area contributed by atoms with E-state index in [4.69, 9.17) is 16.3 Å². The molecule has 0 saturated carbocycles. The molecule has 27 heavy (non-hydrogen) atoms. The van der Waals surface area contributed by atoms with Gasteiger partial charge in [0.1, 0.15) is 5.75 Å². The largest absolute Gasteiger partial charge is 0.493 e. The van der Waals surface area contributed by atoms with Gasteiger partial charge in [-0.2, -0.15) is 0 Å². The monoisotopic (exact) mass is 449 g/mol. The van der Waals surface area contributed by atoms with Gasteiger partial charge < -0.3 is 14.4 Å². The zero-order valence-corrected chi connectivity index (χ0v) is 17.0. The summed E-state index contributed by atoms with van der Waals surface area (Å²) in [6.45, 7) is 3.60. The number of aromatic hydroxyl groups is 1. The van der Waals surface area contributed by atoms with Gasteiger partial charge in [0, 0.05) is 16.5 Å². The maximum atomic E-state index is 12.0. The van der Waals surface area contributed by atoms with Gasteiger partial charge in [-0.15, -0.1) is 10.2 Å². The van der Waals surface area contributed by atoms with Gasteiger partial charge in [-0.05, 0) is 60.1 Å². The van der Waals surface area contributed by atoms with Crippen LogP contribution in [0.2, 0.25) is 5.02 Å². The highest BCUT2D eigenvalue weighted by Crippen LogP contribution is 2.41. The van der Waals surface area contributed by atoms with Crippen molar-refractivity contribution in [2.75, 3.05) is 6.61 Å². The normalized spacial score (nSPS) is 11.6. The number of azo groups is 1. The molecule has 0 fully saturated rings. The van der Waals surface area contributed by atoms with Gasteiger partial charge in [0.05, 0.1) is 9.99 Å². The molecule has 0 aliphatic heterocycles. The molecule has 1 amide bonds. The van der Waals surface area contributed by atoms with Crippen LogP contribution in [-0.4, -0.2) is 22.2 Å². The van der Waals surface area contributed by atoms with Crippen molar-refractivity contribution in [1.82, 2.24) is 4.57 Å². The van der Waals surface area contributed by atoms with Crippen LogP contribution in [0.1, 0.15) is 19.9 Å². The molecule has 0 spiro atoms. The number of aromatic nitrogens is 1. The highest BCUT2D eigenvalue weighted by atomic mass is 79.9. The SMILES string of the molecule is CC(C)n1c(O)c(N=NC(=O)COc2ccccc2Br)c2cc(Cl)ccc21. The Morgan fingerprint density at radius 1 is 1.30 bits per heavy atom. The van der Waals surface area contributed by atoms with Gasteiger partial charge in [-0.3, -0.25) is 4.79 Å². The van der Waals surface area contributed by atoms with E-state index in [1.165, 1.54) is 0 Å². The number of para-hydroxylation sites is 1. The Kier molecular flexibility index (Phi) is 5.82. The Balaban J connectivity index is 1.85. The Morgan fingerprint density at radius 2 is 2.04 bits per heavy atom. The lowest BCUT2D eigenvalue weighted by molar-refractivity contribution is -0.120. The van der Waals surface area contributed by atoms with Crippen LogP contribution in [0.4, 0.5) is 5.69 Å². The average molecular weight is 451 g/mol. The number of carbonyl (C=O) groups is 1. The predicted octanol–water partition coefficient (Wildman–Crippen LogP) is 6.03. The third-order valence-electron chi connectivity index (χ3n) is 3.88. The topological polar surface area (TPSA) is 76.2 Å². The van der Waals surface area contributed by atoms with Gasteiger partial charge in [0.2, 0.25) is 5.88 Å². The maximum Gasteiger partial charge on any atom is 0.302 e. The fourth-order valence-corrected chi connectivity index (χ4v) is 3.29. The lowest BCUT2D eigenvalue weighted by Gasteiger charge is -2.10. The van der Waals surface area contributed by atoms with E-state index in [9.17, 15) is 9.90 Å². The summed E-state index contributed by atoms with van der Waals surface area (Å²) in [6, 6.07) is 12.4. The number of hydrogen-bond donors (Lipinski definition) is 1. The Morgan fingerprint density at radius 3 is 2.74 bits per heavy atom. The minimum Gasteiger partial charge on any atom is -0.493 e. The van der Waals surface area contributed by atoms with Gasteiger partial charge in [-0.1, -0.05) is 23.7 Å². The number of ether oxygens (including phenoxy) is 1. The first kappa shape index (κ1) is 19.4. The van der Waals surface area contributed by atoms with E-state index in [-0.39, 0.29) is 24.2 Å². The number of nitrogens with zero attached hydrogens (tertiary/aromatic N) is 3. The summed E-state index contributed by atoms with van der Waals surface area (Å²) >= 11 is 9.42. The summed E-state index contributed by atoms with van der Waals surface area (Å²) in [5, 5.41) is 19.3. The zero-order valence-electron chi connectivity index (χ0n) is 14.7. The van der Waals surface area contributed by atoms with Crippen LogP contribution in [0.15, 0.2) is 57.2 Å². The number of fused-ring (bicyclic) bond motifs is 1. The fraction of sp³-hybridized carbons (Fsp3) is 0.211. The minimum atomic E-state index is -0.572. The number of hydrogen-bond acceptors (Lipinski definition) is 4. The minimum absolute atomic E-state index is 0.00732. The Hall–Kier alpha value is -2.38. The highest BCUT2D eigenvalue weighted by Gasteiger charge is 2.19. The number of rotatable bonds is 5. The molecular weight excluding hydrogens is 434 g/mol. The fourth-order valence-electron chi connectivity index (χ4n) is 2.71. The highest BCUT2D eigenvalue weighted by molar-refractivity contribution is 9.10. The van der Waals surface area contributed by atoms with Crippen LogP contribution in [-0.2, 0) is 4.79 Å². The molecule has 0 radical (unpaired) electrons. The molecule has 6 nitrogen and oxygen atoms in total. The van der Waals surface area contributed by atoms with E-state index < -0.39 is 5.91 Å². The van der Waals surface area contributed by atoms with E-state index in [0.717, 1.165) is 9.99 Å². The van der Waals surface area contributed by atoms with Crippen molar-refractivity contribution in [3.63, 3.8) is 0 Å². The van der Waals surface area contributed by atoms with Crippen molar-refractivity contribution in [2.45, 2.75) is 19.9 Å². The lowest BCUT2D eigenvalue weighted by atomic mass is 10.2. The molecule has 1 N–H and O–H groups in total. The number of carbonyl (C=O) groups excluding carboxylic acids is 1. The van der Waals surface area contributed by atoms with Crippen LogP contribution in [0.3, 0.4) is 0 Å². The number of benzene rings is 2. The molecule has 0 saturated heterocycles. The summed E-state index contributed by atoms with van der Waals surface area (Å²) in [5.41, 5.74) is 0.966. The summed E-state index contributed by atoms with van der Waals surface area (Å²) in [4.78, 5) is 12.0. The number of halogens is 2. The van der Waals surface area contributed by atoms with Crippen LogP contribution < -0.4 is 4.74 Å². The Labute approximate surface area is 169 Å². The Bertz CT molecular complexity index is 1030. The van der Waals surface area contributed by atoms with Crippen molar-refractivity contribution < 1.29 is 14.6 Å². The van der Waals surface area contributed by atoms with Crippen LogP contribution in [0.5, 0.6) is 11.6 Å². The zero-order chi connectivity index (χ0) is 19.6. The molecule has 1 heterocycles. The van der Waals surface area contributed by atoms with Gasteiger partial charge in [0.15, 0.2) is 12.3 Å². The smallest absolute Gasteiger partial charge is 0.302 e. The van der Waals surface area contributed by atoms with E-state index in [2.05, 4.69) is 26.2 Å². The standard InChI is InChI=1S/C19H17BrClN3O3/c1-11(2)24-15-8-7-12(21)9-13(15)18(19(24)26)23-22-17(25)10-27-16-6-4-3-5-14(16)20/h3-9,11,26H,10H2,1-2H3. The molecule has 0 aliphatic rings. The molecule has 8 heteroatoms. The molecule has 0 atom stereocenters. The van der Waals surface area contributed by atoms with Crippen molar-refractivity contribution in [3.05, 3.63) is 52.0 Å². The van der Waals surface area contributed by atoms with Crippen LogP contribution in [0.25, 0.3) is 10.9 Å². The molecule has 140 valence electrons. The van der Waals surface area contributed by atoms with Crippen molar-refractivity contribution in [2.24, 2.45) is 10.2 Å². The third-order valence-corrected chi connectivity index (χ3v) is 4.77. The molecular formula is C19H17BrClN3O3. The van der Waals surface area contributed by atoms with Crippen LogP contribution in [0, 0.1) is 0 Å². The first-order valence-corrected chi connectivity index (χ1v) is 9.40. The van der Waals surface area contributed by atoms with E-state index in [1.807, 2.05) is 26.0 Å². The first-order chi connectivity index (χ1) is 12.9. The third kappa shape index (κ3) is 4.14. The van der Waals surface area contributed by atoms with Crippen molar-refractivity contribution in [1.29, 1.82) is 0 Å². The second kappa shape index (κ2) is 8.10. The van der Waals surface area contributed by atoms with E-state index in [0.29, 0.717) is 16.2 Å². The summed E-state index contributed by atoms with van der Waals surface area (Å²) in [7, 11) is 0.